The van der Waals surface area contributed by atoms with E-state index in [0.29, 0.717) is 6.04 Å². The van der Waals surface area contributed by atoms with Gasteiger partial charge in [0.25, 0.3) is 0 Å². The number of H-pyrrole nitrogens is 1. The number of hydrogen-bond donors (Lipinski definition) is 2. The van der Waals surface area contributed by atoms with Crippen LogP contribution in [0.2, 0.25) is 5.02 Å². The summed E-state index contributed by atoms with van der Waals surface area (Å²) < 4.78 is 0. The van der Waals surface area contributed by atoms with Gasteiger partial charge in [-0.05, 0) is 55.8 Å². The molecule has 1 fully saturated rings. The van der Waals surface area contributed by atoms with Crippen molar-refractivity contribution in [1.29, 1.82) is 0 Å². The van der Waals surface area contributed by atoms with E-state index >= 15 is 0 Å². The van der Waals surface area contributed by atoms with Crippen molar-refractivity contribution in [3.63, 3.8) is 0 Å². The molecule has 3 aromatic rings. The van der Waals surface area contributed by atoms with E-state index in [0.717, 1.165) is 46.3 Å². The van der Waals surface area contributed by atoms with Crippen LogP contribution in [-0.2, 0) is 0 Å². The lowest BCUT2D eigenvalue weighted by atomic mass is 10.0. The Bertz CT molecular complexity index is 875. The van der Waals surface area contributed by atoms with Gasteiger partial charge in [0, 0.05) is 35.6 Å². The lowest BCUT2D eigenvalue weighted by Crippen LogP contribution is -2.34. The summed E-state index contributed by atoms with van der Waals surface area (Å²) >= 11 is 6.06. The summed E-state index contributed by atoms with van der Waals surface area (Å²) in [5.41, 5.74) is 4.20. The van der Waals surface area contributed by atoms with E-state index < -0.39 is 0 Å². The fourth-order valence-electron chi connectivity index (χ4n) is 3.85. The number of nitrogens with one attached hydrogen (secondary N) is 2. The topological polar surface area (TPSA) is 56.8 Å². The molecule has 1 saturated heterocycles. The summed E-state index contributed by atoms with van der Waals surface area (Å²) in [5, 5.41) is 12.1. The third-order valence-electron chi connectivity index (χ3n) is 5.28. The van der Waals surface area contributed by atoms with Gasteiger partial charge in [-0.3, -0.25) is 15.0 Å². The number of hydrogen-bond acceptors (Lipinski definition) is 4. The van der Waals surface area contributed by atoms with E-state index in [2.05, 4.69) is 32.3 Å². The quantitative estimate of drug-likeness (QED) is 0.650. The number of likely N-dealkylation sites (tertiary alicyclic amines) is 1. The maximum atomic E-state index is 6.06. The zero-order chi connectivity index (χ0) is 18.6. The summed E-state index contributed by atoms with van der Waals surface area (Å²) in [7, 11) is 0. The van der Waals surface area contributed by atoms with Crippen LogP contribution < -0.4 is 5.32 Å². The maximum Gasteiger partial charge on any atom is 0.156 e. The first-order valence-corrected chi connectivity index (χ1v) is 9.86. The molecule has 1 atom stereocenters. The van der Waals surface area contributed by atoms with Crippen LogP contribution in [0.25, 0.3) is 22.4 Å². The van der Waals surface area contributed by atoms with Crippen molar-refractivity contribution in [2.75, 3.05) is 25.0 Å². The summed E-state index contributed by atoms with van der Waals surface area (Å²) in [6, 6.07) is 12.4. The van der Waals surface area contributed by atoms with Crippen LogP contribution in [0.5, 0.6) is 0 Å². The maximum absolute atomic E-state index is 6.06. The zero-order valence-corrected chi connectivity index (χ0v) is 16.2. The van der Waals surface area contributed by atoms with Crippen molar-refractivity contribution < 1.29 is 0 Å². The molecule has 27 heavy (non-hydrogen) atoms. The molecule has 6 heteroatoms. The predicted molar refractivity (Wildman–Crippen MR) is 111 cm³/mol. The largest absolute Gasteiger partial charge is 0.366 e. The minimum absolute atomic E-state index is 0.566. The minimum Gasteiger partial charge on any atom is -0.366 e. The van der Waals surface area contributed by atoms with Crippen LogP contribution in [0.3, 0.4) is 0 Å². The fourth-order valence-corrected chi connectivity index (χ4v) is 3.98. The van der Waals surface area contributed by atoms with Gasteiger partial charge in [0.15, 0.2) is 5.82 Å². The van der Waals surface area contributed by atoms with E-state index in [9.17, 15) is 0 Å². The van der Waals surface area contributed by atoms with E-state index in [1.54, 1.807) is 0 Å². The minimum atomic E-state index is 0.566. The van der Waals surface area contributed by atoms with Gasteiger partial charge in [0.2, 0.25) is 0 Å². The van der Waals surface area contributed by atoms with Gasteiger partial charge in [-0.1, -0.05) is 30.7 Å². The summed E-state index contributed by atoms with van der Waals surface area (Å²) in [6.45, 7) is 5.42. The number of rotatable bonds is 6. The normalized spacial score (nSPS) is 17.3. The molecular weight excluding hydrogens is 358 g/mol. The molecule has 2 aromatic heterocycles. The van der Waals surface area contributed by atoms with Crippen molar-refractivity contribution >= 4 is 17.4 Å². The highest BCUT2D eigenvalue weighted by Crippen LogP contribution is 2.36. The van der Waals surface area contributed by atoms with Crippen LogP contribution in [0.15, 0.2) is 48.8 Å². The number of aromatic amines is 1. The molecule has 140 valence electrons. The summed E-state index contributed by atoms with van der Waals surface area (Å²) in [5.74, 6) is 0.883. The highest BCUT2D eigenvalue weighted by atomic mass is 35.5. The van der Waals surface area contributed by atoms with Crippen molar-refractivity contribution in [2.45, 2.75) is 25.8 Å². The average Bonchev–Trinajstić information content (AvgIpc) is 3.34. The number of likely N-dealkylation sites (N-methyl/N-ethyl adjacent to an activating group) is 1. The number of aromatic nitrogens is 3. The Hall–Kier alpha value is -2.37. The molecule has 4 rings (SSSR count). The molecule has 0 saturated carbocycles. The lowest BCUT2D eigenvalue weighted by Gasteiger charge is -2.23. The third kappa shape index (κ3) is 3.84. The molecule has 1 unspecified atom stereocenters. The second kappa shape index (κ2) is 8.11. The lowest BCUT2D eigenvalue weighted by molar-refractivity contribution is 0.277. The molecule has 0 bridgehead atoms. The number of anilines is 1. The molecule has 2 N–H and O–H groups in total. The highest BCUT2D eigenvalue weighted by molar-refractivity contribution is 6.30. The zero-order valence-electron chi connectivity index (χ0n) is 15.5. The van der Waals surface area contributed by atoms with E-state index in [4.69, 9.17) is 11.6 Å². The number of halogens is 1. The van der Waals surface area contributed by atoms with Gasteiger partial charge in [0.05, 0.1) is 11.3 Å². The predicted octanol–water partition coefficient (Wildman–Crippen LogP) is 4.69. The molecule has 0 aliphatic carbocycles. The average molecular weight is 382 g/mol. The molecule has 0 radical (unpaired) electrons. The SMILES string of the molecule is CCN1CCCC1CNc1n[nH]c(-c2ccc(Cl)cc2)c1-c1ccncc1. The van der Waals surface area contributed by atoms with Crippen LogP contribution in [0.1, 0.15) is 19.8 Å². The van der Waals surface area contributed by atoms with Crippen molar-refractivity contribution in [3.05, 3.63) is 53.8 Å². The number of benzene rings is 1. The van der Waals surface area contributed by atoms with Crippen molar-refractivity contribution in [1.82, 2.24) is 20.1 Å². The molecule has 1 aliphatic heterocycles. The van der Waals surface area contributed by atoms with E-state index in [1.165, 1.54) is 19.4 Å². The second-order valence-electron chi connectivity index (χ2n) is 6.87. The first kappa shape index (κ1) is 18.0. The van der Waals surface area contributed by atoms with Crippen LogP contribution in [0, 0.1) is 0 Å². The number of nitrogens with zero attached hydrogens (tertiary/aromatic N) is 3. The Balaban J connectivity index is 1.66. The van der Waals surface area contributed by atoms with Gasteiger partial charge in [0.1, 0.15) is 0 Å². The van der Waals surface area contributed by atoms with E-state index in [-0.39, 0.29) is 0 Å². The van der Waals surface area contributed by atoms with Crippen molar-refractivity contribution in [3.8, 4) is 22.4 Å². The van der Waals surface area contributed by atoms with E-state index in [1.807, 2.05) is 48.8 Å². The monoisotopic (exact) mass is 381 g/mol. The Morgan fingerprint density at radius 2 is 1.93 bits per heavy atom. The molecule has 1 aliphatic rings. The molecule has 0 amide bonds. The number of pyridine rings is 1. The first-order valence-electron chi connectivity index (χ1n) is 9.49. The fraction of sp³-hybridized carbons (Fsp3) is 0.333. The molecular formula is C21H24ClN5. The van der Waals surface area contributed by atoms with Crippen LogP contribution in [0.4, 0.5) is 5.82 Å². The third-order valence-corrected chi connectivity index (χ3v) is 5.53. The Kier molecular flexibility index (Phi) is 5.41. The van der Waals surface area contributed by atoms with Crippen LogP contribution >= 0.6 is 11.6 Å². The molecule has 3 heterocycles. The van der Waals surface area contributed by atoms with Gasteiger partial charge in [-0.25, -0.2) is 0 Å². The highest BCUT2D eigenvalue weighted by Gasteiger charge is 2.24. The summed E-state index contributed by atoms with van der Waals surface area (Å²) in [6.07, 6.45) is 6.13. The molecule has 1 aromatic carbocycles. The standard InChI is InChI=1S/C21H24ClN5/c1-2-27-13-3-4-18(27)14-24-21-19(15-9-11-23-12-10-15)20(25-26-21)16-5-7-17(22)8-6-16/h5-12,18H,2-4,13-14H2,1H3,(H2,24,25,26). The Morgan fingerprint density at radius 3 is 2.67 bits per heavy atom. The Morgan fingerprint density at radius 1 is 1.15 bits per heavy atom. The van der Waals surface area contributed by atoms with Gasteiger partial charge in [-0.15, -0.1) is 0 Å². The van der Waals surface area contributed by atoms with Gasteiger partial charge in [-0.2, -0.15) is 5.10 Å². The summed E-state index contributed by atoms with van der Waals surface area (Å²) in [4.78, 5) is 6.69. The first-order chi connectivity index (χ1) is 13.3. The van der Waals surface area contributed by atoms with Crippen molar-refractivity contribution in [2.24, 2.45) is 0 Å². The second-order valence-corrected chi connectivity index (χ2v) is 7.31. The van der Waals surface area contributed by atoms with Crippen LogP contribution in [-0.4, -0.2) is 45.8 Å². The smallest absolute Gasteiger partial charge is 0.156 e. The molecule has 5 nitrogen and oxygen atoms in total. The Labute approximate surface area is 164 Å². The molecule has 0 spiro atoms. The van der Waals surface area contributed by atoms with Gasteiger partial charge < -0.3 is 5.32 Å². The van der Waals surface area contributed by atoms with Gasteiger partial charge >= 0.3 is 0 Å².